The number of nitrogens with zero attached hydrogens (tertiary/aromatic N) is 1. The Morgan fingerprint density at radius 2 is 2.00 bits per heavy atom. The van der Waals surface area contributed by atoms with Crippen molar-refractivity contribution >= 4 is 21.7 Å². The second-order valence-corrected chi connectivity index (χ2v) is 7.00. The van der Waals surface area contributed by atoms with Crippen molar-refractivity contribution in [1.29, 1.82) is 0 Å². The highest BCUT2D eigenvalue weighted by molar-refractivity contribution is 7.89. The topological polar surface area (TPSA) is 86.7 Å². The zero-order chi connectivity index (χ0) is 15.6. The fraction of sp³-hybridized carbons (Fsp3) is 0.500. The summed E-state index contributed by atoms with van der Waals surface area (Å²) >= 11 is 0. The number of carboxylic acids is 1. The second-order valence-electron chi connectivity index (χ2n) is 5.24. The third-order valence-corrected chi connectivity index (χ3v) is 5.33. The molecule has 116 valence electrons. The first-order valence-corrected chi connectivity index (χ1v) is 8.44. The highest BCUT2D eigenvalue weighted by Gasteiger charge is 2.36. The summed E-state index contributed by atoms with van der Waals surface area (Å²) in [6, 6.07) is 5.79. The number of hydrogen-bond acceptors (Lipinski definition) is 4. The summed E-state index contributed by atoms with van der Waals surface area (Å²) in [5.41, 5.74) is 0.738. The van der Waals surface area contributed by atoms with Crippen LogP contribution >= 0.6 is 0 Å². The van der Waals surface area contributed by atoms with Crippen molar-refractivity contribution in [2.24, 2.45) is 5.92 Å². The van der Waals surface area contributed by atoms with Crippen molar-refractivity contribution < 1.29 is 18.3 Å². The molecule has 0 amide bonds. The Bertz CT molecular complexity index is 612. The lowest BCUT2D eigenvalue weighted by Gasteiger charge is -2.25. The van der Waals surface area contributed by atoms with Crippen LogP contribution in [-0.4, -0.2) is 38.6 Å². The Balaban J connectivity index is 2.25. The van der Waals surface area contributed by atoms with Crippen LogP contribution < -0.4 is 9.62 Å². The number of nitrogens with one attached hydrogen (secondary N) is 1. The first kappa shape index (κ1) is 15.8. The van der Waals surface area contributed by atoms with Gasteiger partial charge < -0.3 is 10.0 Å². The van der Waals surface area contributed by atoms with E-state index in [0.717, 1.165) is 12.1 Å². The maximum atomic E-state index is 11.9. The van der Waals surface area contributed by atoms with Crippen LogP contribution in [0.2, 0.25) is 0 Å². The van der Waals surface area contributed by atoms with Gasteiger partial charge in [0.15, 0.2) is 0 Å². The van der Waals surface area contributed by atoms with Gasteiger partial charge in [-0.05, 0) is 36.6 Å². The Hall–Kier alpha value is -1.60. The molecule has 7 heteroatoms. The molecule has 0 radical (unpaired) electrons. The molecule has 1 saturated heterocycles. The molecule has 1 fully saturated rings. The number of aliphatic carboxylic acids is 1. The monoisotopic (exact) mass is 312 g/mol. The molecule has 0 aromatic heterocycles. The Morgan fingerprint density at radius 1 is 1.38 bits per heavy atom. The van der Waals surface area contributed by atoms with Gasteiger partial charge in [-0.15, -0.1) is 0 Å². The lowest BCUT2D eigenvalue weighted by molar-refractivity contribution is -0.139. The van der Waals surface area contributed by atoms with Crippen LogP contribution in [0.15, 0.2) is 29.2 Å². The fourth-order valence-electron chi connectivity index (χ4n) is 2.70. The second kappa shape index (κ2) is 6.03. The molecule has 0 saturated carbocycles. The zero-order valence-corrected chi connectivity index (χ0v) is 12.9. The van der Waals surface area contributed by atoms with E-state index < -0.39 is 22.0 Å². The lowest BCUT2D eigenvalue weighted by Crippen LogP contribution is -2.39. The first-order valence-electron chi connectivity index (χ1n) is 6.96. The molecule has 0 aliphatic carbocycles. The number of benzene rings is 1. The average molecular weight is 312 g/mol. The van der Waals surface area contributed by atoms with Gasteiger partial charge in [-0.2, -0.15) is 0 Å². The fourth-order valence-corrected chi connectivity index (χ4v) is 3.74. The molecule has 21 heavy (non-hydrogen) atoms. The van der Waals surface area contributed by atoms with Crippen LogP contribution in [0, 0.1) is 5.92 Å². The summed E-state index contributed by atoms with van der Waals surface area (Å²) < 4.78 is 26.2. The lowest BCUT2D eigenvalue weighted by atomic mass is 10.0. The molecule has 1 aliphatic heterocycles. The maximum absolute atomic E-state index is 11.9. The number of carbonyl (C=O) groups is 1. The smallest absolute Gasteiger partial charge is 0.326 e. The summed E-state index contributed by atoms with van der Waals surface area (Å²) in [6.45, 7) is 4.63. The molecule has 1 aromatic rings. The summed E-state index contributed by atoms with van der Waals surface area (Å²) in [7, 11) is -3.48. The van der Waals surface area contributed by atoms with E-state index in [9.17, 15) is 18.3 Å². The van der Waals surface area contributed by atoms with Gasteiger partial charge >= 0.3 is 5.97 Å². The molecular formula is C14H20N2O4S. The minimum absolute atomic E-state index is 0.0765. The number of carboxylic acid groups (broad SMARTS) is 1. The molecule has 0 spiro atoms. The van der Waals surface area contributed by atoms with Crippen molar-refractivity contribution in [3.05, 3.63) is 24.3 Å². The molecule has 1 heterocycles. The largest absolute Gasteiger partial charge is 0.480 e. The van der Waals surface area contributed by atoms with Crippen LogP contribution in [0.3, 0.4) is 0 Å². The van der Waals surface area contributed by atoms with E-state index in [1.54, 1.807) is 19.1 Å². The summed E-state index contributed by atoms with van der Waals surface area (Å²) in [5.74, 6) is -0.767. The van der Waals surface area contributed by atoms with E-state index in [1.807, 2.05) is 11.8 Å². The Labute approximate surface area is 124 Å². The van der Waals surface area contributed by atoms with Gasteiger partial charge in [-0.3, -0.25) is 0 Å². The van der Waals surface area contributed by atoms with Gasteiger partial charge in [0.2, 0.25) is 10.0 Å². The van der Waals surface area contributed by atoms with Crippen LogP contribution in [0.5, 0.6) is 0 Å². The summed E-state index contributed by atoms with van der Waals surface area (Å²) in [6.07, 6.45) is 0.814. The van der Waals surface area contributed by atoms with Crippen molar-refractivity contribution in [3.63, 3.8) is 0 Å². The predicted octanol–water partition coefficient (Wildman–Crippen LogP) is 1.28. The van der Waals surface area contributed by atoms with E-state index in [4.69, 9.17) is 0 Å². The molecule has 1 aromatic carbocycles. The average Bonchev–Trinajstić information content (AvgIpc) is 2.81. The molecule has 1 aliphatic rings. The molecule has 2 unspecified atom stereocenters. The summed E-state index contributed by atoms with van der Waals surface area (Å²) in [4.78, 5) is 13.4. The zero-order valence-electron chi connectivity index (χ0n) is 12.1. The van der Waals surface area contributed by atoms with E-state index >= 15 is 0 Å². The number of rotatable bonds is 5. The van der Waals surface area contributed by atoms with Crippen molar-refractivity contribution in [2.45, 2.75) is 31.2 Å². The highest BCUT2D eigenvalue weighted by atomic mass is 32.2. The van der Waals surface area contributed by atoms with Crippen LogP contribution in [0.1, 0.15) is 20.3 Å². The van der Waals surface area contributed by atoms with E-state index in [1.165, 1.54) is 12.1 Å². The molecule has 2 N–H and O–H groups in total. The number of hydrogen-bond donors (Lipinski definition) is 2. The van der Waals surface area contributed by atoms with Gasteiger partial charge in [0, 0.05) is 18.8 Å². The Kier molecular flexibility index (Phi) is 4.53. The minimum atomic E-state index is -3.48. The van der Waals surface area contributed by atoms with Crippen LogP contribution in [0.4, 0.5) is 5.69 Å². The van der Waals surface area contributed by atoms with Gasteiger partial charge in [-0.25, -0.2) is 17.9 Å². The van der Waals surface area contributed by atoms with Crippen molar-refractivity contribution in [1.82, 2.24) is 4.72 Å². The third kappa shape index (κ3) is 3.19. The normalized spacial score (nSPS) is 22.5. The van der Waals surface area contributed by atoms with Crippen LogP contribution in [0.25, 0.3) is 0 Å². The number of anilines is 1. The van der Waals surface area contributed by atoms with E-state index in [2.05, 4.69) is 4.72 Å². The van der Waals surface area contributed by atoms with Crippen LogP contribution in [-0.2, 0) is 14.8 Å². The molecule has 6 nitrogen and oxygen atoms in total. The predicted molar refractivity (Wildman–Crippen MR) is 79.9 cm³/mol. The maximum Gasteiger partial charge on any atom is 0.326 e. The molecule has 2 rings (SSSR count). The van der Waals surface area contributed by atoms with E-state index in [0.29, 0.717) is 13.1 Å². The van der Waals surface area contributed by atoms with E-state index in [-0.39, 0.29) is 10.8 Å². The quantitative estimate of drug-likeness (QED) is 0.855. The molecular weight excluding hydrogens is 292 g/mol. The summed E-state index contributed by atoms with van der Waals surface area (Å²) in [5, 5.41) is 9.32. The molecule has 2 atom stereocenters. The molecule has 0 bridgehead atoms. The van der Waals surface area contributed by atoms with Gasteiger partial charge in [-0.1, -0.05) is 13.8 Å². The standard InChI is InChI=1S/C14H20N2O4S/c1-3-15-21(19,20)12-6-4-11(5-7-12)16-9-8-10(2)13(16)14(17)18/h4-7,10,13,15H,3,8-9H2,1-2H3,(H,17,18). The first-order chi connectivity index (χ1) is 9.86. The van der Waals surface area contributed by atoms with Crippen molar-refractivity contribution in [2.75, 3.05) is 18.0 Å². The Morgan fingerprint density at radius 3 is 2.52 bits per heavy atom. The van der Waals surface area contributed by atoms with Gasteiger partial charge in [0.25, 0.3) is 0 Å². The third-order valence-electron chi connectivity index (χ3n) is 3.77. The van der Waals surface area contributed by atoms with Gasteiger partial charge in [0.05, 0.1) is 4.90 Å². The number of sulfonamides is 1. The van der Waals surface area contributed by atoms with Gasteiger partial charge in [0.1, 0.15) is 6.04 Å². The minimum Gasteiger partial charge on any atom is -0.480 e. The SMILES string of the molecule is CCNS(=O)(=O)c1ccc(N2CCC(C)C2C(=O)O)cc1. The highest BCUT2D eigenvalue weighted by Crippen LogP contribution is 2.30. The van der Waals surface area contributed by atoms with Crippen molar-refractivity contribution in [3.8, 4) is 0 Å².